The first-order valence-corrected chi connectivity index (χ1v) is 8.48. The van der Waals surface area contributed by atoms with Crippen LogP contribution < -0.4 is 0 Å². The van der Waals surface area contributed by atoms with Gasteiger partial charge in [0.2, 0.25) is 11.8 Å². The van der Waals surface area contributed by atoms with E-state index in [-0.39, 0.29) is 30.0 Å². The van der Waals surface area contributed by atoms with Crippen molar-refractivity contribution in [3.8, 4) is 5.75 Å². The van der Waals surface area contributed by atoms with Gasteiger partial charge in [-0.2, -0.15) is 0 Å². The van der Waals surface area contributed by atoms with Gasteiger partial charge in [0.15, 0.2) is 0 Å². The number of aryl methyl sites for hydroxylation is 1. The number of carbonyl (C=O) groups excluding carboxylic acids is 2. The molecule has 1 atom stereocenters. The van der Waals surface area contributed by atoms with Crippen LogP contribution in [0.4, 0.5) is 0 Å². The van der Waals surface area contributed by atoms with Gasteiger partial charge < -0.3 is 19.6 Å². The Balaban J connectivity index is 1.72. The van der Waals surface area contributed by atoms with E-state index >= 15 is 0 Å². The number of carbonyl (C=O) groups is 2. The number of methoxy groups -OCH3 is 1. The fourth-order valence-corrected chi connectivity index (χ4v) is 3.68. The highest BCUT2D eigenvalue weighted by Crippen LogP contribution is 2.40. The third-order valence-corrected chi connectivity index (χ3v) is 4.93. The van der Waals surface area contributed by atoms with Crippen molar-refractivity contribution in [1.29, 1.82) is 0 Å². The predicted octanol–water partition coefficient (Wildman–Crippen LogP) is 1.13. The average Bonchev–Trinajstić information content (AvgIpc) is 2.92. The molecule has 1 unspecified atom stereocenters. The normalized spacial score (nSPS) is 20.9. The first-order chi connectivity index (χ1) is 11.6. The molecule has 1 N–H and O–H groups in total. The Hall–Kier alpha value is -2.08. The average molecular weight is 332 g/mol. The summed E-state index contributed by atoms with van der Waals surface area (Å²) in [6.07, 6.45) is 2.26. The van der Waals surface area contributed by atoms with Crippen molar-refractivity contribution in [3.05, 3.63) is 29.3 Å². The SMILES string of the molecule is COCCN1CCCN(C(=O)C2CCc3cccc(O)c32)CC1=O. The molecule has 1 fully saturated rings. The number of amides is 2. The molecular formula is C18H24N2O4. The summed E-state index contributed by atoms with van der Waals surface area (Å²) in [5.41, 5.74) is 1.78. The van der Waals surface area contributed by atoms with E-state index in [0.717, 1.165) is 24.0 Å². The number of phenolic OH excluding ortho intramolecular Hbond substituents is 1. The molecule has 1 heterocycles. The molecule has 1 aliphatic carbocycles. The van der Waals surface area contributed by atoms with Crippen LogP contribution >= 0.6 is 0 Å². The van der Waals surface area contributed by atoms with E-state index in [1.807, 2.05) is 12.1 Å². The van der Waals surface area contributed by atoms with Crippen molar-refractivity contribution in [2.24, 2.45) is 0 Å². The largest absolute Gasteiger partial charge is 0.508 e. The summed E-state index contributed by atoms with van der Waals surface area (Å²) >= 11 is 0. The van der Waals surface area contributed by atoms with E-state index in [1.165, 1.54) is 0 Å². The quantitative estimate of drug-likeness (QED) is 0.897. The summed E-state index contributed by atoms with van der Waals surface area (Å²) < 4.78 is 5.04. The molecule has 6 nitrogen and oxygen atoms in total. The molecular weight excluding hydrogens is 308 g/mol. The molecule has 0 bridgehead atoms. The molecule has 0 saturated carbocycles. The van der Waals surface area contributed by atoms with Crippen LogP contribution in [0.15, 0.2) is 18.2 Å². The van der Waals surface area contributed by atoms with Crippen LogP contribution in [-0.2, 0) is 20.7 Å². The lowest BCUT2D eigenvalue weighted by Crippen LogP contribution is -2.41. The Labute approximate surface area is 142 Å². The van der Waals surface area contributed by atoms with Gasteiger partial charge in [-0.3, -0.25) is 9.59 Å². The standard InChI is InChI=1S/C18H24N2O4/c1-24-11-10-19-8-3-9-20(12-16(19)22)18(23)14-7-6-13-4-2-5-15(21)17(13)14/h2,4-5,14,21H,3,6-12H2,1H3. The zero-order valence-electron chi connectivity index (χ0n) is 14.0. The summed E-state index contributed by atoms with van der Waals surface area (Å²) in [6, 6.07) is 5.40. The van der Waals surface area contributed by atoms with Crippen LogP contribution in [-0.4, -0.2) is 66.6 Å². The van der Waals surface area contributed by atoms with Crippen molar-refractivity contribution in [3.63, 3.8) is 0 Å². The molecule has 1 aromatic rings. The number of fused-ring (bicyclic) bond motifs is 1. The summed E-state index contributed by atoms with van der Waals surface area (Å²) in [4.78, 5) is 28.8. The Morgan fingerprint density at radius 3 is 3.00 bits per heavy atom. The molecule has 2 aliphatic rings. The lowest BCUT2D eigenvalue weighted by molar-refractivity contribution is -0.139. The second-order valence-electron chi connectivity index (χ2n) is 6.43. The van der Waals surface area contributed by atoms with Crippen LogP contribution in [0.25, 0.3) is 0 Å². The summed E-state index contributed by atoms with van der Waals surface area (Å²) in [5, 5.41) is 10.1. The van der Waals surface area contributed by atoms with Crippen LogP contribution in [0.5, 0.6) is 5.75 Å². The number of hydrogen-bond acceptors (Lipinski definition) is 4. The van der Waals surface area contributed by atoms with E-state index < -0.39 is 0 Å². The molecule has 1 aliphatic heterocycles. The van der Waals surface area contributed by atoms with Gasteiger partial charge in [0.05, 0.1) is 19.1 Å². The molecule has 2 amide bonds. The van der Waals surface area contributed by atoms with Crippen molar-refractivity contribution in [1.82, 2.24) is 9.80 Å². The number of ether oxygens (including phenoxy) is 1. The van der Waals surface area contributed by atoms with E-state index in [9.17, 15) is 14.7 Å². The Morgan fingerprint density at radius 2 is 2.21 bits per heavy atom. The van der Waals surface area contributed by atoms with Gasteiger partial charge >= 0.3 is 0 Å². The second-order valence-corrected chi connectivity index (χ2v) is 6.43. The zero-order valence-corrected chi connectivity index (χ0v) is 14.0. The fourth-order valence-electron chi connectivity index (χ4n) is 3.68. The number of aromatic hydroxyl groups is 1. The number of nitrogens with zero attached hydrogens (tertiary/aromatic N) is 2. The molecule has 130 valence electrons. The second kappa shape index (κ2) is 7.21. The summed E-state index contributed by atoms with van der Waals surface area (Å²) in [5.74, 6) is -0.226. The summed E-state index contributed by atoms with van der Waals surface area (Å²) in [7, 11) is 1.61. The third kappa shape index (κ3) is 3.24. The minimum atomic E-state index is -0.334. The number of rotatable bonds is 4. The fraction of sp³-hybridized carbons (Fsp3) is 0.556. The maximum Gasteiger partial charge on any atom is 0.242 e. The lowest BCUT2D eigenvalue weighted by Gasteiger charge is -2.24. The lowest BCUT2D eigenvalue weighted by atomic mass is 9.98. The summed E-state index contributed by atoms with van der Waals surface area (Å²) in [6.45, 7) is 2.40. The highest BCUT2D eigenvalue weighted by molar-refractivity contribution is 5.90. The van der Waals surface area contributed by atoms with Crippen molar-refractivity contribution in [2.45, 2.75) is 25.2 Å². The zero-order chi connectivity index (χ0) is 17.1. The van der Waals surface area contributed by atoms with E-state index in [4.69, 9.17) is 4.74 Å². The van der Waals surface area contributed by atoms with Gasteiger partial charge in [-0.25, -0.2) is 0 Å². The smallest absolute Gasteiger partial charge is 0.242 e. The predicted molar refractivity (Wildman–Crippen MR) is 88.8 cm³/mol. The van der Waals surface area contributed by atoms with Gasteiger partial charge in [0.25, 0.3) is 0 Å². The van der Waals surface area contributed by atoms with E-state index in [1.54, 1.807) is 23.0 Å². The monoisotopic (exact) mass is 332 g/mol. The van der Waals surface area contributed by atoms with Crippen LogP contribution in [0.3, 0.4) is 0 Å². The Morgan fingerprint density at radius 1 is 1.38 bits per heavy atom. The van der Waals surface area contributed by atoms with E-state index in [2.05, 4.69) is 0 Å². The van der Waals surface area contributed by atoms with E-state index in [0.29, 0.717) is 32.7 Å². The van der Waals surface area contributed by atoms with Gasteiger partial charge in [0.1, 0.15) is 5.75 Å². The van der Waals surface area contributed by atoms with Gasteiger partial charge in [0, 0.05) is 32.3 Å². The first-order valence-electron chi connectivity index (χ1n) is 8.48. The van der Waals surface area contributed by atoms with Gasteiger partial charge in [-0.15, -0.1) is 0 Å². The molecule has 0 spiro atoms. The molecule has 24 heavy (non-hydrogen) atoms. The maximum atomic E-state index is 13.0. The molecule has 3 rings (SSSR count). The first kappa shape index (κ1) is 16.8. The van der Waals surface area contributed by atoms with Gasteiger partial charge in [-0.1, -0.05) is 12.1 Å². The molecule has 6 heteroatoms. The Kier molecular flexibility index (Phi) is 5.04. The minimum absolute atomic E-state index is 0.0339. The number of phenols is 1. The topological polar surface area (TPSA) is 70.1 Å². The molecule has 1 saturated heterocycles. The van der Waals surface area contributed by atoms with Gasteiger partial charge in [-0.05, 0) is 30.9 Å². The Bertz CT molecular complexity index is 631. The maximum absolute atomic E-state index is 13.0. The molecule has 1 aromatic carbocycles. The van der Waals surface area contributed by atoms with Crippen molar-refractivity contribution >= 4 is 11.8 Å². The van der Waals surface area contributed by atoms with Crippen molar-refractivity contribution < 1.29 is 19.4 Å². The van der Waals surface area contributed by atoms with Crippen LogP contribution in [0.1, 0.15) is 29.9 Å². The van der Waals surface area contributed by atoms with Crippen molar-refractivity contribution in [2.75, 3.05) is 39.9 Å². The van der Waals surface area contributed by atoms with Crippen LogP contribution in [0.2, 0.25) is 0 Å². The molecule has 0 aromatic heterocycles. The number of benzene rings is 1. The van der Waals surface area contributed by atoms with Crippen LogP contribution in [0, 0.1) is 0 Å². The molecule has 0 radical (unpaired) electrons. The third-order valence-electron chi connectivity index (χ3n) is 4.93. The number of hydrogen-bond donors (Lipinski definition) is 1. The minimum Gasteiger partial charge on any atom is -0.508 e. The highest BCUT2D eigenvalue weighted by atomic mass is 16.5. The highest BCUT2D eigenvalue weighted by Gasteiger charge is 2.35.